The summed E-state index contributed by atoms with van der Waals surface area (Å²) in [6.45, 7) is 0. The molecular formula is C20H18N4O4S. The molecule has 0 N–H and O–H groups in total. The van der Waals surface area contributed by atoms with E-state index in [0.717, 1.165) is 5.69 Å². The van der Waals surface area contributed by atoms with E-state index in [2.05, 4.69) is 10.1 Å². The summed E-state index contributed by atoms with van der Waals surface area (Å²) >= 11 is 0. The molecule has 1 atom stereocenters. The molecule has 1 saturated heterocycles. The van der Waals surface area contributed by atoms with E-state index in [1.54, 1.807) is 29.2 Å². The standard InChI is InChI=1S/C20H18N4O4S/c25-24(26)19-8-4-5-15(11-19)20-16(12-21-17-9-10-29(27,28)14-17)13-23(22-20)18-6-2-1-3-7-18/h1-8,11-13,17H,9-10,14H2. The van der Waals surface area contributed by atoms with Crippen molar-refractivity contribution in [3.63, 3.8) is 0 Å². The average Bonchev–Trinajstić information content (AvgIpc) is 3.30. The number of nitrogens with zero attached hydrogens (tertiary/aromatic N) is 4. The number of nitro benzene ring substituents is 1. The van der Waals surface area contributed by atoms with Crippen molar-refractivity contribution < 1.29 is 13.3 Å². The summed E-state index contributed by atoms with van der Waals surface area (Å²) in [7, 11) is -3.02. The van der Waals surface area contributed by atoms with Crippen molar-refractivity contribution >= 4 is 21.7 Å². The van der Waals surface area contributed by atoms with Gasteiger partial charge in [0.05, 0.1) is 28.2 Å². The maximum absolute atomic E-state index is 11.7. The van der Waals surface area contributed by atoms with Gasteiger partial charge >= 0.3 is 0 Å². The van der Waals surface area contributed by atoms with Crippen molar-refractivity contribution in [2.75, 3.05) is 11.5 Å². The normalized spacial score (nSPS) is 18.3. The lowest BCUT2D eigenvalue weighted by atomic mass is 10.1. The summed E-state index contributed by atoms with van der Waals surface area (Å²) in [6.07, 6.45) is 3.90. The van der Waals surface area contributed by atoms with Gasteiger partial charge in [-0.2, -0.15) is 5.10 Å². The SMILES string of the molecule is O=[N+]([O-])c1cccc(-c2nn(-c3ccccc3)cc2C=NC2CCS(=O)(=O)C2)c1. The topological polar surface area (TPSA) is 107 Å². The van der Waals surface area contributed by atoms with Crippen LogP contribution in [0.25, 0.3) is 16.9 Å². The van der Waals surface area contributed by atoms with E-state index in [9.17, 15) is 18.5 Å². The minimum atomic E-state index is -3.02. The van der Waals surface area contributed by atoms with Gasteiger partial charge in [0, 0.05) is 35.7 Å². The van der Waals surface area contributed by atoms with Crippen molar-refractivity contribution in [3.05, 3.63) is 76.5 Å². The molecule has 1 aliphatic heterocycles. The summed E-state index contributed by atoms with van der Waals surface area (Å²) in [6, 6.07) is 15.5. The number of nitro groups is 1. The van der Waals surface area contributed by atoms with Crippen LogP contribution >= 0.6 is 0 Å². The highest BCUT2D eigenvalue weighted by Crippen LogP contribution is 2.26. The Morgan fingerprint density at radius 3 is 2.66 bits per heavy atom. The summed E-state index contributed by atoms with van der Waals surface area (Å²) in [5.74, 6) is 0.193. The maximum atomic E-state index is 11.7. The van der Waals surface area contributed by atoms with Crippen LogP contribution in [-0.4, -0.2) is 46.9 Å². The van der Waals surface area contributed by atoms with E-state index >= 15 is 0 Å². The van der Waals surface area contributed by atoms with Crippen LogP contribution in [0, 0.1) is 10.1 Å². The van der Waals surface area contributed by atoms with E-state index in [1.807, 2.05) is 30.3 Å². The third kappa shape index (κ3) is 4.24. The van der Waals surface area contributed by atoms with Gasteiger partial charge < -0.3 is 0 Å². The Morgan fingerprint density at radius 1 is 1.17 bits per heavy atom. The van der Waals surface area contributed by atoms with Gasteiger partial charge in [-0.15, -0.1) is 0 Å². The van der Waals surface area contributed by atoms with Crippen molar-refractivity contribution in [2.45, 2.75) is 12.5 Å². The fraction of sp³-hybridized carbons (Fsp3) is 0.200. The average molecular weight is 410 g/mol. The summed E-state index contributed by atoms with van der Waals surface area (Å²) in [5.41, 5.74) is 2.61. The third-order valence-electron chi connectivity index (χ3n) is 4.73. The predicted molar refractivity (Wildman–Crippen MR) is 110 cm³/mol. The molecule has 2 heterocycles. The lowest BCUT2D eigenvalue weighted by Crippen LogP contribution is -2.07. The van der Waals surface area contributed by atoms with Crippen molar-refractivity contribution in [3.8, 4) is 16.9 Å². The molecule has 4 rings (SSSR count). The molecule has 0 bridgehead atoms. The molecule has 1 unspecified atom stereocenters. The predicted octanol–water partition coefficient (Wildman–Crippen LogP) is 3.05. The number of hydrogen-bond acceptors (Lipinski definition) is 6. The molecule has 0 saturated carbocycles. The van der Waals surface area contributed by atoms with Gasteiger partial charge in [-0.1, -0.05) is 30.3 Å². The zero-order valence-electron chi connectivity index (χ0n) is 15.4. The Kier molecular flexibility index (Phi) is 4.98. The van der Waals surface area contributed by atoms with Crippen LogP contribution in [0.2, 0.25) is 0 Å². The number of benzene rings is 2. The molecule has 8 nitrogen and oxygen atoms in total. The van der Waals surface area contributed by atoms with Crippen LogP contribution in [0.3, 0.4) is 0 Å². The van der Waals surface area contributed by atoms with Crippen LogP contribution in [-0.2, 0) is 9.84 Å². The highest BCUT2D eigenvalue weighted by atomic mass is 32.2. The third-order valence-corrected chi connectivity index (χ3v) is 6.48. The molecule has 3 aromatic rings. The van der Waals surface area contributed by atoms with Crippen molar-refractivity contribution in [1.29, 1.82) is 0 Å². The van der Waals surface area contributed by atoms with Crippen LogP contribution in [0.5, 0.6) is 0 Å². The van der Waals surface area contributed by atoms with Gasteiger partial charge in [0.1, 0.15) is 5.69 Å². The zero-order chi connectivity index (χ0) is 20.4. The molecule has 0 spiro atoms. The molecule has 0 amide bonds. The first kappa shape index (κ1) is 19.0. The van der Waals surface area contributed by atoms with E-state index in [4.69, 9.17) is 0 Å². The number of aliphatic imine (C=N–C) groups is 1. The Bertz CT molecular complexity index is 1190. The van der Waals surface area contributed by atoms with Gasteiger partial charge in [-0.3, -0.25) is 15.1 Å². The molecule has 1 aromatic heterocycles. The smallest absolute Gasteiger partial charge is 0.270 e. The first-order chi connectivity index (χ1) is 13.9. The van der Waals surface area contributed by atoms with Crippen LogP contribution in [0.15, 0.2) is 65.8 Å². The quantitative estimate of drug-likeness (QED) is 0.365. The number of sulfone groups is 1. The van der Waals surface area contributed by atoms with Gasteiger partial charge in [-0.25, -0.2) is 13.1 Å². The monoisotopic (exact) mass is 410 g/mol. The number of hydrogen-bond donors (Lipinski definition) is 0. The molecule has 9 heteroatoms. The second-order valence-electron chi connectivity index (χ2n) is 6.86. The molecule has 0 aliphatic carbocycles. The van der Waals surface area contributed by atoms with Crippen LogP contribution in [0.4, 0.5) is 5.69 Å². The molecule has 2 aromatic carbocycles. The first-order valence-electron chi connectivity index (χ1n) is 9.05. The Balaban J connectivity index is 1.75. The molecule has 148 valence electrons. The van der Waals surface area contributed by atoms with Gasteiger partial charge in [0.25, 0.3) is 5.69 Å². The lowest BCUT2D eigenvalue weighted by molar-refractivity contribution is -0.384. The number of non-ortho nitro benzene ring substituents is 1. The van der Waals surface area contributed by atoms with Gasteiger partial charge in [0.15, 0.2) is 9.84 Å². The minimum absolute atomic E-state index is 0.0264. The number of aromatic nitrogens is 2. The number of rotatable bonds is 5. The Morgan fingerprint density at radius 2 is 1.97 bits per heavy atom. The molecular weight excluding hydrogens is 392 g/mol. The summed E-state index contributed by atoms with van der Waals surface area (Å²) in [5, 5.41) is 15.8. The van der Waals surface area contributed by atoms with Crippen molar-refractivity contribution in [1.82, 2.24) is 9.78 Å². The minimum Gasteiger partial charge on any atom is -0.288 e. The fourth-order valence-corrected chi connectivity index (χ4v) is 4.90. The zero-order valence-corrected chi connectivity index (χ0v) is 16.2. The Hall–Kier alpha value is -3.33. The van der Waals surface area contributed by atoms with Gasteiger partial charge in [-0.05, 0) is 18.6 Å². The van der Waals surface area contributed by atoms with Crippen molar-refractivity contribution in [2.24, 2.45) is 4.99 Å². The molecule has 29 heavy (non-hydrogen) atoms. The van der Waals surface area contributed by atoms with E-state index < -0.39 is 14.8 Å². The molecule has 1 fully saturated rings. The highest BCUT2D eigenvalue weighted by Gasteiger charge is 2.27. The summed E-state index contributed by atoms with van der Waals surface area (Å²) in [4.78, 5) is 15.2. The maximum Gasteiger partial charge on any atom is 0.270 e. The largest absolute Gasteiger partial charge is 0.288 e. The van der Waals surface area contributed by atoms with E-state index in [-0.39, 0.29) is 23.2 Å². The second kappa shape index (κ2) is 7.59. The lowest BCUT2D eigenvalue weighted by Gasteiger charge is -2.01. The first-order valence-corrected chi connectivity index (χ1v) is 10.9. The van der Waals surface area contributed by atoms with E-state index in [1.165, 1.54) is 12.1 Å². The second-order valence-corrected chi connectivity index (χ2v) is 9.08. The highest BCUT2D eigenvalue weighted by molar-refractivity contribution is 7.91. The molecule has 1 aliphatic rings. The van der Waals surface area contributed by atoms with E-state index in [0.29, 0.717) is 23.2 Å². The van der Waals surface area contributed by atoms with Gasteiger partial charge in [0.2, 0.25) is 0 Å². The van der Waals surface area contributed by atoms with Crippen LogP contribution < -0.4 is 0 Å². The molecule has 0 radical (unpaired) electrons. The van der Waals surface area contributed by atoms with Crippen LogP contribution in [0.1, 0.15) is 12.0 Å². The number of para-hydroxylation sites is 1. The summed E-state index contributed by atoms with van der Waals surface area (Å²) < 4.78 is 25.0. The Labute approximate surface area is 167 Å². The fourth-order valence-electron chi connectivity index (χ4n) is 3.26.